The van der Waals surface area contributed by atoms with Gasteiger partial charge in [-0.2, -0.15) is 0 Å². The third-order valence-electron chi connectivity index (χ3n) is 4.88. The van der Waals surface area contributed by atoms with Gasteiger partial charge in [0.15, 0.2) is 0 Å². The second kappa shape index (κ2) is 8.21. The number of para-hydroxylation sites is 1. The Hall–Kier alpha value is -2.88. The van der Waals surface area contributed by atoms with E-state index in [1.807, 2.05) is 48.2 Å². The van der Waals surface area contributed by atoms with Crippen LogP contribution < -0.4 is 10.2 Å². The lowest BCUT2D eigenvalue weighted by Gasteiger charge is -2.16. The first-order valence-electron chi connectivity index (χ1n) is 9.44. The molecule has 1 saturated heterocycles. The SMILES string of the molecule is Cc1cccc(C(C)C)c1NC(=O)/C=C/c1ccc(N2CCCC2=O)cc1. The van der Waals surface area contributed by atoms with Crippen molar-refractivity contribution in [3.8, 4) is 0 Å². The van der Waals surface area contributed by atoms with Crippen molar-refractivity contribution in [3.05, 3.63) is 65.2 Å². The molecule has 0 bridgehead atoms. The Morgan fingerprint density at radius 2 is 1.89 bits per heavy atom. The van der Waals surface area contributed by atoms with E-state index in [2.05, 4.69) is 25.2 Å². The van der Waals surface area contributed by atoms with Gasteiger partial charge in [0.2, 0.25) is 11.8 Å². The Morgan fingerprint density at radius 3 is 2.52 bits per heavy atom. The highest BCUT2D eigenvalue weighted by molar-refractivity contribution is 6.03. The first kappa shape index (κ1) is 18.9. The van der Waals surface area contributed by atoms with E-state index in [1.165, 1.54) is 0 Å². The number of hydrogen-bond donors (Lipinski definition) is 1. The fraction of sp³-hybridized carbons (Fsp3) is 0.304. The molecule has 0 aromatic heterocycles. The predicted molar refractivity (Wildman–Crippen MR) is 111 cm³/mol. The van der Waals surface area contributed by atoms with E-state index >= 15 is 0 Å². The maximum Gasteiger partial charge on any atom is 0.248 e. The van der Waals surface area contributed by atoms with Crippen molar-refractivity contribution < 1.29 is 9.59 Å². The van der Waals surface area contributed by atoms with Crippen LogP contribution in [0.15, 0.2) is 48.5 Å². The molecule has 0 unspecified atom stereocenters. The zero-order chi connectivity index (χ0) is 19.4. The number of benzene rings is 2. The molecule has 1 heterocycles. The van der Waals surface area contributed by atoms with E-state index in [1.54, 1.807) is 12.2 Å². The number of hydrogen-bond acceptors (Lipinski definition) is 2. The highest BCUT2D eigenvalue weighted by atomic mass is 16.2. The third kappa shape index (κ3) is 4.45. The molecular formula is C23H26N2O2. The molecule has 2 amide bonds. The standard InChI is InChI=1S/C23H26N2O2/c1-16(2)20-7-4-6-17(3)23(20)24-21(26)14-11-18-9-12-19(13-10-18)25-15-5-8-22(25)27/h4,6-7,9-14,16H,5,8,15H2,1-3H3,(H,24,26)/b14-11+. The van der Waals surface area contributed by atoms with Gasteiger partial charge in [-0.15, -0.1) is 0 Å². The summed E-state index contributed by atoms with van der Waals surface area (Å²) < 4.78 is 0. The molecule has 1 N–H and O–H groups in total. The molecule has 2 aromatic rings. The largest absolute Gasteiger partial charge is 0.322 e. The Balaban J connectivity index is 1.68. The molecule has 1 aliphatic rings. The summed E-state index contributed by atoms with van der Waals surface area (Å²) in [5.74, 6) is 0.367. The van der Waals surface area contributed by atoms with E-state index in [9.17, 15) is 9.59 Å². The zero-order valence-electron chi connectivity index (χ0n) is 16.2. The van der Waals surface area contributed by atoms with Crippen LogP contribution in [0, 0.1) is 6.92 Å². The van der Waals surface area contributed by atoms with E-state index in [0.717, 1.165) is 41.0 Å². The summed E-state index contributed by atoms with van der Waals surface area (Å²) in [6, 6.07) is 13.8. The minimum atomic E-state index is -0.148. The van der Waals surface area contributed by atoms with Crippen molar-refractivity contribution in [2.75, 3.05) is 16.8 Å². The summed E-state index contributed by atoms with van der Waals surface area (Å²) in [6.07, 6.45) is 4.88. The zero-order valence-corrected chi connectivity index (χ0v) is 16.2. The maximum atomic E-state index is 12.4. The smallest absolute Gasteiger partial charge is 0.248 e. The van der Waals surface area contributed by atoms with Crippen LogP contribution in [0.1, 0.15) is 49.3 Å². The average molecular weight is 362 g/mol. The molecule has 4 nitrogen and oxygen atoms in total. The summed E-state index contributed by atoms with van der Waals surface area (Å²) in [4.78, 5) is 26.0. The van der Waals surface area contributed by atoms with Gasteiger partial charge in [0.25, 0.3) is 0 Å². The average Bonchev–Trinajstić information content (AvgIpc) is 3.08. The van der Waals surface area contributed by atoms with E-state index in [0.29, 0.717) is 12.3 Å². The summed E-state index contributed by atoms with van der Waals surface area (Å²) in [6.45, 7) is 7.02. The summed E-state index contributed by atoms with van der Waals surface area (Å²) in [5, 5.41) is 3.01. The lowest BCUT2D eigenvalue weighted by atomic mass is 9.98. The predicted octanol–water partition coefficient (Wildman–Crippen LogP) is 4.90. The van der Waals surface area contributed by atoms with Crippen molar-refractivity contribution in [2.45, 2.75) is 39.5 Å². The molecule has 0 atom stereocenters. The topological polar surface area (TPSA) is 49.4 Å². The Morgan fingerprint density at radius 1 is 1.15 bits per heavy atom. The van der Waals surface area contributed by atoms with Gasteiger partial charge in [0.1, 0.15) is 0 Å². The fourth-order valence-electron chi connectivity index (χ4n) is 3.37. The summed E-state index contributed by atoms with van der Waals surface area (Å²) in [5.41, 5.74) is 4.93. The van der Waals surface area contributed by atoms with Crippen LogP contribution in [0.3, 0.4) is 0 Å². The molecule has 2 aromatic carbocycles. The molecule has 1 fully saturated rings. The number of nitrogens with one attached hydrogen (secondary N) is 1. The number of amides is 2. The minimum Gasteiger partial charge on any atom is -0.322 e. The first-order valence-corrected chi connectivity index (χ1v) is 9.44. The number of carbonyl (C=O) groups excluding carboxylic acids is 2. The highest BCUT2D eigenvalue weighted by Crippen LogP contribution is 2.27. The van der Waals surface area contributed by atoms with Crippen LogP contribution in [0.5, 0.6) is 0 Å². The van der Waals surface area contributed by atoms with Gasteiger partial charge in [-0.3, -0.25) is 9.59 Å². The molecule has 4 heteroatoms. The molecular weight excluding hydrogens is 336 g/mol. The van der Waals surface area contributed by atoms with Crippen LogP contribution >= 0.6 is 0 Å². The number of anilines is 2. The van der Waals surface area contributed by atoms with Crippen LogP contribution in [-0.2, 0) is 9.59 Å². The number of aryl methyl sites for hydroxylation is 1. The first-order chi connectivity index (χ1) is 13.0. The Bertz CT molecular complexity index is 866. The van der Waals surface area contributed by atoms with Gasteiger partial charge >= 0.3 is 0 Å². The van der Waals surface area contributed by atoms with Crippen LogP contribution in [0.25, 0.3) is 6.08 Å². The second-order valence-electron chi connectivity index (χ2n) is 7.26. The molecule has 0 radical (unpaired) electrons. The van der Waals surface area contributed by atoms with Crippen molar-refractivity contribution in [3.63, 3.8) is 0 Å². The number of rotatable bonds is 5. The lowest BCUT2D eigenvalue weighted by Crippen LogP contribution is -2.23. The Labute approximate surface area is 160 Å². The molecule has 3 rings (SSSR count). The molecule has 27 heavy (non-hydrogen) atoms. The quantitative estimate of drug-likeness (QED) is 0.769. The molecule has 0 spiro atoms. The van der Waals surface area contributed by atoms with Crippen LogP contribution in [-0.4, -0.2) is 18.4 Å². The van der Waals surface area contributed by atoms with Crippen molar-refractivity contribution in [1.29, 1.82) is 0 Å². The van der Waals surface area contributed by atoms with Crippen LogP contribution in [0.2, 0.25) is 0 Å². The van der Waals surface area contributed by atoms with Crippen LogP contribution in [0.4, 0.5) is 11.4 Å². The van der Waals surface area contributed by atoms with Gasteiger partial charge in [-0.1, -0.05) is 44.2 Å². The fourth-order valence-corrected chi connectivity index (χ4v) is 3.37. The summed E-state index contributed by atoms with van der Waals surface area (Å²) >= 11 is 0. The highest BCUT2D eigenvalue weighted by Gasteiger charge is 2.21. The van der Waals surface area contributed by atoms with E-state index in [4.69, 9.17) is 0 Å². The number of nitrogens with zero attached hydrogens (tertiary/aromatic N) is 1. The molecule has 1 aliphatic heterocycles. The number of carbonyl (C=O) groups is 2. The van der Waals surface area contributed by atoms with Gasteiger partial charge < -0.3 is 10.2 Å². The normalized spacial score (nSPS) is 14.4. The molecule has 0 aliphatic carbocycles. The van der Waals surface area contributed by atoms with Gasteiger partial charge in [-0.05, 0) is 54.2 Å². The maximum absolute atomic E-state index is 12.4. The Kier molecular flexibility index (Phi) is 5.75. The third-order valence-corrected chi connectivity index (χ3v) is 4.88. The van der Waals surface area contributed by atoms with Gasteiger partial charge in [-0.25, -0.2) is 0 Å². The monoisotopic (exact) mass is 362 g/mol. The minimum absolute atomic E-state index is 0.148. The molecule has 0 saturated carbocycles. The van der Waals surface area contributed by atoms with Crippen molar-refractivity contribution in [1.82, 2.24) is 0 Å². The van der Waals surface area contributed by atoms with E-state index < -0.39 is 0 Å². The molecule has 140 valence electrons. The lowest BCUT2D eigenvalue weighted by molar-refractivity contribution is -0.117. The van der Waals surface area contributed by atoms with Crippen molar-refractivity contribution in [2.24, 2.45) is 0 Å². The second-order valence-corrected chi connectivity index (χ2v) is 7.26. The van der Waals surface area contributed by atoms with Gasteiger partial charge in [0.05, 0.1) is 0 Å². The van der Waals surface area contributed by atoms with Crippen molar-refractivity contribution >= 4 is 29.3 Å². The van der Waals surface area contributed by atoms with Gasteiger partial charge in [0, 0.05) is 30.4 Å². The van der Waals surface area contributed by atoms with E-state index in [-0.39, 0.29) is 11.8 Å². The summed E-state index contributed by atoms with van der Waals surface area (Å²) in [7, 11) is 0.